The minimum atomic E-state index is -0.311. The zero-order valence-electron chi connectivity index (χ0n) is 12.1. The Hall–Kier alpha value is -2.30. The van der Waals surface area contributed by atoms with Crippen molar-refractivity contribution in [3.63, 3.8) is 0 Å². The minimum absolute atomic E-state index is 0.141. The second-order valence-corrected chi connectivity index (χ2v) is 5.71. The molecule has 0 bridgehead atoms. The standard InChI is InChI=1S/C16H18N2O3/c1-10-7-12(10)15-4-3-11(21-15)9-18(2)16(20)13-8-17-6-5-14(13)19/h3-6,8,10,12H,7,9H2,1-2H3,(H,17,19). The average Bonchev–Trinajstić information content (AvgIpc) is 3.01. The quantitative estimate of drug-likeness (QED) is 0.938. The molecule has 0 aromatic carbocycles. The summed E-state index contributed by atoms with van der Waals surface area (Å²) < 4.78 is 5.79. The summed E-state index contributed by atoms with van der Waals surface area (Å²) in [7, 11) is 1.66. The molecular formula is C16H18N2O3. The number of aromatic amines is 1. The Balaban J connectivity index is 1.70. The summed E-state index contributed by atoms with van der Waals surface area (Å²) in [5, 5.41) is 0. The number of furan rings is 1. The first-order valence-electron chi connectivity index (χ1n) is 7.07. The highest BCUT2D eigenvalue weighted by molar-refractivity contribution is 5.93. The van der Waals surface area contributed by atoms with Crippen molar-refractivity contribution in [2.24, 2.45) is 5.92 Å². The smallest absolute Gasteiger partial charge is 0.259 e. The average molecular weight is 286 g/mol. The highest BCUT2D eigenvalue weighted by Gasteiger charge is 2.36. The number of nitrogens with one attached hydrogen (secondary N) is 1. The van der Waals surface area contributed by atoms with Crippen LogP contribution in [0.15, 0.2) is 39.8 Å². The van der Waals surface area contributed by atoms with Crippen LogP contribution in [-0.2, 0) is 6.54 Å². The summed E-state index contributed by atoms with van der Waals surface area (Å²) in [6, 6.07) is 5.23. The Morgan fingerprint density at radius 3 is 2.86 bits per heavy atom. The number of nitrogens with zero attached hydrogens (tertiary/aromatic N) is 1. The van der Waals surface area contributed by atoms with E-state index in [4.69, 9.17) is 4.42 Å². The maximum Gasteiger partial charge on any atom is 0.259 e. The van der Waals surface area contributed by atoms with Crippen molar-refractivity contribution in [1.82, 2.24) is 9.88 Å². The molecule has 3 rings (SSSR count). The van der Waals surface area contributed by atoms with Gasteiger partial charge in [0.05, 0.1) is 6.54 Å². The molecule has 5 nitrogen and oxygen atoms in total. The van der Waals surface area contributed by atoms with Crippen molar-refractivity contribution >= 4 is 5.91 Å². The summed E-state index contributed by atoms with van der Waals surface area (Å²) in [4.78, 5) is 28.2. The van der Waals surface area contributed by atoms with E-state index < -0.39 is 0 Å². The first kappa shape index (κ1) is 13.7. The van der Waals surface area contributed by atoms with Gasteiger partial charge in [0.15, 0.2) is 5.43 Å². The normalized spacial score (nSPS) is 20.3. The van der Waals surface area contributed by atoms with Crippen LogP contribution in [0.2, 0.25) is 0 Å². The lowest BCUT2D eigenvalue weighted by Crippen LogP contribution is -2.30. The predicted octanol–water partition coefficient (Wildman–Crippen LogP) is 2.36. The van der Waals surface area contributed by atoms with Gasteiger partial charge < -0.3 is 14.3 Å². The Labute approximate surface area is 122 Å². The highest BCUT2D eigenvalue weighted by atomic mass is 16.3. The van der Waals surface area contributed by atoms with Gasteiger partial charge in [0.2, 0.25) is 0 Å². The van der Waals surface area contributed by atoms with E-state index in [-0.39, 0.29) is 16.9 Å². The third-order valence-electron chi connectivity index (χ3n) is 3.95. The molecule has 1 fully saturated rings. The van der Waals surface area contributed by atoms with E-state index in [1.807, 2.05) is 12.1 Å². The molecule has 1 aliphatic carbocycles. The van der Waals surface area contributed by atoms with Gasteiger partial charge in [0, 0.05) is 31.4 Å². The van der Waals surface area contributed by atoms with E-state index in [0.29, 0.717) is 18.4 Å². The van der Waals surface area contributed by atoms with Crippen LogP contribution in [0.25, 0.3) is 0 Å². The fourth-order valence-electron chi connectivity index (χ4n) is 2.49. The van der Waals surface area contributed by atoms with Crippen LogP contribution >= 0.6 is 0 Å². The van der Waals surface area contributed by atoms with Crippen molar-refractivity contribution in [3.8, 4) is 0 Å². The molecule has 0 saturated heterocycles. The fraction of sp³-hybridized carbons (Fsp3) is 0.375. The van der Waals surface area contributed by atoms with Crippen LogP contribution in [0.4, 0.5) is 0 Å². The summed E-state index contributed by atoms with van der Waals surface area (Å²) in [5.74, 6) is 2.64. The summed E-state index contributed by atoms with van der Waals surface area (Å²) in [6.45, 7) is 2.55. The summed E-state index contributed by atoms with van der Waals surface area (Å²) >= 11 is 0. The lowest BCUT2D eigenvalue weighted by Gasteiger charge is -2.15. The van der Waals surface area contributed by atoms with Crippen molar-refractivity contribution in [2.45, 2.75) is 25.8 Å². The molecule has 1 saturated carbocycles. The fourth-order valence-corrected chi connectivity index (χ4v) is 2.49. The van der Waals surface area contributed by atoms with Crippen molar-refractivity contribution in [3.05, 3.63) is 57.9 Å². The Kier molecular flexibility index (Phi) is 3.41. The summed E-state index contributed by atoms with van der Waals surface area (Å²) in [5.41, 5.74) is -0.139. The van der Waals surface area contributed by atoms with E-state index in [1.54, 1.807) is 7.05 Å². The molecule has 21 heavy (non-hydrogen) atoms. The molecule has 1 N–H and O–H groups in total. The number of carbonyl (C=O) groups is 1. The van der Waals surface area contributed by atoms with Gasteiger partial charge in [-0.1, -0.05) is 6.92 Å². The van der Waals surface area contributed by atoms with E-state index >= 15 is 0 Å². The van der Waals surface area contributed by atoms with E-state index in [0.717, 1.165) is 11.5 Å². The van der Waals surface area contributed by atoms with E-state index in [9.17, 15) is 9.59 Å². The van der Waals surface area contributed by atoms with Crippen molar-refractivity contribution < 1.29 is 9.21 Å². The van der Waals surface area contributed by atoms with Crippen LogP contribution in [0.5, 0.6) is 0 Å². The predicted molar refractivity (Wildman–Crippen MR) is 78.1 cm³/mol. The molecular weight excluding hydrogens is 268 g/mol. The molecule has 0 radical (unpaired) electrons. The number of hydrogen-bond acceptors (Lipinski definition) is 3. The van der Waals surface area contributed by atoms with Gasteiger partial charge in [-0.15, -0.1) is 0 Å². The maximum atomic E-state index is 12.2. The molecule has 0 aliphatic heterocycles. The number of hydrogen-bond donors (Lipinski definition) is 1. The molecule has 2 heterocycles. The highest BCUT2D eigenvalue weighted by Crippen LogP contribution is 2.47. The molecule has 1 amide bonds. The van der Waals surface area contributed by atoms with E-state index in [2.05, 4.69) is 11.9 Å². The molecule has 2 aromatic rings. The molecule has 2 aromatic heterocycles. The topological polar surface area (TPSA) is 66.3 Å². The SMILES string of the molecule is CC1CC1c1ccc(CN(C)C(=O)c2c[nH]ccc2=O)o1. The third kappa shape index (κ3) is 2.77. The van der Waals surface area contributed by atoms with Crippen molar-refractivity contribution in [1.29, 1.82) is 0 Å². The summed E-state index contributed by atoms with van der Waals surface area (Å²) in [6.07, 6.45) is 4.11. The third-order valence-corrected chi connectivity index (χ3v) is 3.95. The van der Waals surface area contributed by atoms with Crippen LogP contribution in [0.3, 0.4) is 0 Å². The second-order valence-electron chi connectivity index (χ2n) is 5.71. The molecule has 0 spiro atoms. The van der Waals surface area contributed by atoms with Crippen molar-refractivity contribution in [2.75, 3.05) is 7.05 Å². The lowest BCUT2D eigenvalue weighted by atomic mass is 10.2. The van der Waals surface area contributed by atoms with Crippen LogP contribution in [0, 0.1) is 5.92 Å². The van der Waals surface area contributed by atoms with Gasteiger partial charge in [-0.25, -0.2) is 0 Å². The zero-order chi connectivity index (χ0) is 15.0. The van der Waals surface area contributed by atoms with Crippen LogP contribution in [-0.4, -0.2) is 22.8 Å². The molecule has 2 unspecified atom stereocenters. The number of aromatic nitrogens is 1. The Morgan fingerprint density at radius 1 is 1.43 bits per heavy atom. The molecule has 5 heteroatoms. The lowest BCUT2D eigenvalue weighted by molar-refractivity contribution is 0.0773. The molecule has 1 aliphatic rings. The molecule has 110 valence electrons. The minimum Gasteiger partial charge on any atom is -0.464 e. The van der Waals surface area contributed by atoms with Gasteiger partial charge in [-0.2, -0.15) is 0 Å². The monoisotopic (exact) mass is 286 g/mol. The van der Waals surface area contributed by atoms with Crippen LogP contribution in [0.1, 0.15) is 41.1 Å². The number of amides is 1. The van der Waals surface area contributed by atoms with Gasteiger partial charge in [-0.05, 0) is 24.5 Å². The van der Waals surface area contributed by atoms with Gasteiger partial charge in [-0.3, -0.25) is 9.59 Å². The number of carbonyl (C=O) groups excluding carboxylic acids is 1. The van der Waals surface area contributed by atoms with E-state index in [1.165, 1.54) is 29.8 Å². The zero-order valence-corrected chi connectivity index (χ0v) is 12.1. The maximum absolute atomic E-state index is 12.2. The first-order chi connectivity index (χ1) is 10.1. The van der Waals surface area contributed by atoms with Crippen LogP contribution < -0.4 is 5.43 Å². The first-order valence-corrected chi connectivity index (χ1v) is 7.07. The van der Waals surface area contributed by atoms with Gasteiger partial charge in [0.1, 0.15) is 17.1 Å². The van der Waals surface area contributed by atoms with Gasteiger partial charge >= 0.3 is 0 Å². The second kappa shape index (κ2) is 5.24. The number of rotatable bonds is 4. The van der Waals surface area contributed by atoms with Gasteiger partial charge in [0.25, 0.3) is 5.91 Å². The largest absolute Gasteiger partial charge is 0.464 e. The number of H-pyrrole nitrogens is 1. The Morgan fingerprint density at radius 2 is 2.19 bits per heavy atom. The Bertz CT molecular complexity index is 716. The molecule has 2 atom stereocenters. The number of pyridine rings is 1.